The Balaban J connectivity index is 4.67. The fourth-order valence-corrected chi connectivity index (χ4v) is 6.36. The number of carbonyl (C=O) groups is 3. The molecule has 0 spiro atoms. The lowest BCUT2D eigenvalue weighted by molar-refractivity contribution is -0.167. The summed E-state index contributed by atoms with van der Waals surface area (Å²) in [4.78, 5) is 38.0. The number of hydrogen-bond donors (Lipinski definition) is 0. The molecule has 0 N–H and O–H groups in total. The Kier molecular flexibility index (Phi) is 50.1. The Bertz CT molecular complexity index is 1530. The zero-order valence-electron chi connectivity index (χ0n) is 42.6. The number of rotatable bonds is 45. The molecule has 0 saturated heterocycles. The summed E-state index contributed by atoms with van der Waals surface area (Å²) in [5, 5.41) is 0. The number of esters is 3. The van der Waals surface area contributed by atoms with Gasteiger partial charge in [-0.2, -0.15) is 0 Å². The molecule has 0 aromatic rings. The summed E-state index contributed by atoms with van der Waals surface area (Å²) in [6.45, 7) is 6.31. The third-order valence-corrected chi connectivity index (χ3v) is 10.3. The molecule has 0 aromatic carbocycles. The summed E-state index contributed by atoms with van der Waals surface area (Å²) >= 11 is 0. The predicted octanol–water partition coefficient (Wildman–Crippen LogP) is 17.6. The van der Waals surface area contributed by atoms with Crippen LogP contribution < -0.4 is 0 Å². The first-order valence-electron chi connectivity index (χ1n) is 26.3. The zero-order chi connectivity index (χ0) is 48.6. The van der Waals surface area contributed by atoms with Crippen molar-refractivity contribution in [2.75, 3.05) is 13.2 Å². The summed E-state index contributed by atoms with van der Waals surface area (Å²) in [6.07, 6.45) is 77.0. The van der Waals surface area contributed by atoms with Crippen LogP contribution in [0.3, 0.4) is 0 Å². The van der Waals surface area contributed by atoms with Crippen LogP contribution in [0.2, 0.25) is 0 Å². The molecular weight excluding hydrogens is 829 g/mol. The van der Waals surface area contributed by atoms with Gasteiger partial charge in [0.1, 0.15) is 13.2 Å². The van der Waals surface area contributed by atoms with E-state index in [9.17, 15) is 14.4 Å². The van der Waals surface area contributed by atoms with E-state index < -0.39 is 12.1 Å². The Hall–Kier alpha value is -4.71. The lowest BCUT2D eigenvalue weighted by Crippen LogP contribution is -2.30. The van der Waals surface area contributed by atoms with E-state index in [1.165, 1.54) is 51.4 Å². The minimum Gasteiger partial charge on any atom is -0.462 e. The first-order valence-corrected chi connectivity index (χ1v) is 26.3. The van der Waals surface area contributed by atoms with E-state index in [2.05, 4.69) is 167 Å². The molecule has 0 aromatic heterocycles. The van der Waals surface area contributed by atoms with Crippen molar-refractivity contribution in [3.05, 3.63) is 146 Å². The molecule has 0 unspecified atom stereocenters. The monoisotopic (exact) mass is 923 g/mol. The van der Waals surface area contributed by atoms with Gasteiger partial charge < -0.3 is 14.2 Å². The third kappa shape index (κ3) is 52.1. The highest BCUT2D eigenvalue weighted by atomic mass is 16.6. The van der Waals surface area contributed by atoms with Gasteiger partial charge in [-0.05, 0) is 135 Å². The second-order valence-electron chi connectivity index (χ2n) is 16.7. The summed E-state index contributed by atoms with van der Waals surface area (Å²) < 4.78 is 16.7. The van der Waals surface area contributed by atoms with Crippen LogP contribution in [0, 0.1) is 0 Å². The van der Waals surface area contributed by atoms with Gasteiger partial charge in [0.25, 0.3) is 0 Å². The van der Waals surface area contributed by atoms with Gasteiger partial charge in [-0.25, -0.2) is 0 Å². The van der Waals surface area contributed by atoms with E-state index in [4.69, 9.17) is 14.2 Å². The maximum atomic E-state index is 12.8. The average Bonchev–Trinajstić information content (AvgIpc) is 3.33. The molecule has 0 aliphatic rings. The van der Waals surface area contributed by atoms with Crippen molar-refractivity contribution >= 4 is 17.9 Å². The predicted molar refractivity (Wildman–Crippen MR) is 288 cm³/mol. The number of unbranched alkanes of at least 4 members (excludes halogenated alkanes) is 10. The molecule has 0 bridgehead atoms. The highest BCUT2D eigenvalue weighted by Gasteiger charge is 2.19. The smallest absolute Gasteiger partial charge is 0.306 e. The van der Waals surface area contributed by atoms with Gasteiger partial charge in [-0.3, -0.25) is 14.4 Å². The van der Waals surface area contributed by atoms with Crippen LogP contribution in [0.25, 0.3) is 0 Å². The molecule has 0 aliphatic heterocycles. The number of allylic oxidation sites excluding steroid dienone is 24. The summed E-state index contributed by atoms with van der Waals surface area (Å²) in [5.41, 5.74) is 0. The van der Waals surface area contributed by atoms with Gasteiger partial charge in [0.05, 0.1) is 0 Å². The van der Waals surface area contributed by atoms with Crippen molar-refractivity contribution < 1.29 is 28.6 Å². The Morgan fingerprint density at radius 3 is 0.910 bits per heavy atom. The second-order valence-corrected chi connectivity index (χ2v) is 16.7. The molecule has 6 nitrogen and oxygen atoms in total. The molecule has 0 fully saturated rings. The largest absolute Gasteiger partial charge is 0.462 e. The van der Waals surface area contributed by atoms with Crippen molar-refractivity contribution in [2.24, 2.45) is 0 Å². The van der Waals surface area contributed by atoms with E-state index in [-0.39, 0.29) is 44.4 Å². The van der Waals surface area contributed by atoms with Crippen LogP contribution in [0.5, 0.6) is 0 Å². The van der Waals surface area contributed by atoms with Crippen LogP contribution in [0.15, 0.2) is 146 Å². The normalized spacial score (nSPS) is 13.3. The molecular formula is C61H94O6. The molecule has 0 aliphatic carbocycles. The van der Waals surface area contributed by atoms with E-state index in [1.807, 2.05) is 0 Å². The molecule has 1 atom stereocenters. The first kappa shape index (κ1) is 62.3. The van der Waals surface area contributed by atoms with Gasteiger partial charge >= 0.3 is 17.9 Å². The SMILES string of the molecule is CC/C=C\C/C=C\C/C=C\C/C=C\C/C=C\CCCC(=O)O[C@H](COC(=O)CCC/C=C\C/C=C\C/C=C\C/C=C\CCCCC)COC(=O)CCCC/C=C\C/C=C\C/C=C\CCCCC. The Labute approximate surface area is 410 Å². The molecule has 0 saturated carbocycles. The molecule has 0 heterocycles. The molecule has 374 valence electrons. The van der Waals surface area contributed by atoms with Crippen molar-refractivity contribution in [2.45, 2.75) is 207 Å². The molecule has 67 heavy (non-hydrogen) atoms. The number of carbonyl (C=O) groups excluding carboxylic acids is 3. The summed E-state index contributed by atoms with van der Waals surface area (Å²) in [5.74, 6) is -1.11. The van der Waals surface area contributed by atoms with Crippen LogP contribution in [-0.2, 0) is 28.6 Å². The minimum absolute atomic E-state index is 0.144. The molecule has 0 amide bonds. The number of ether oxygens (including phenoxy) is 3. The molecule has 0 radical (unpaired) electrons. The van der Waals surface area contributed by atoms with Gasteiger partial charge in [0, 0.05) is 19.3 Å². The zero-order valence-corrected chi connectivity index (χ0v) is 42.6. The fourth-order valence-electron chi connectivity index (χ4n) is 6.36. The van der Waals surface area contributed by atoms with E-state index in [0.717, 1.165) is 89.9 Å². The van der Waals surface area contributed by atoms with E-state index >= 15 is 0 Å². The third-order valence-electron chi connectivity index (χ3n) is 10.3. The molecule has 6 heteroatoms. The fraction of sp³-hybridized carbons (Fsp3) is 0.557. The van der Waals surface area contributed by atoms with E-state index in [1.54, 1.807) is 0 Å². The van der Waals surface area contributed by atoms with Gasteiger partial charge in [0.15, 0.2) is 6.10 Å². The summed E-state index contributed by atoms with van der Waals surface area (Å²) in [7, 11) is 0. The Morgan fingerprint density at radius 1 is 0.313 bits per heavy atom. The lowest BCUT2D eigenvalue weighted by atomic mass is 10.1. The maximum absolute atomic E-state index is 12.8. The minimum atomic E-state index is -0.852. The van der Waals surface area contributed by atoms with Crippen LogP contribution >= 0.6 is 0 Å². The van der Waals surface area contributed by atoms with Crippen molar-refractivity contribution in [1.82, 2.24) is 0 Å². The van der Waals surface area contributed by atoms with Crippen LogP contribution in [0.4, 0.5) is 0 Å². The van der Waals surface area contributed by atoms with Crippen LogP contribution in [-0.4, -0.2) is 37.2 Å². The van der Waals surface area contributed by atoms with E-state index in [0.29, 0.717) is 19.3 Å². The van der Waals surface area contributed by atoms with Crippen molar-refractivity contribution in [3.63, 3.8) is 0 Å². The average molecular weight is 923 g/mol. The lowest BCUT2D eigenvalue weighted by Gasteiger charge is -2.18. The Morgan fingerprint density at radius 2 is 0.582 bits per heavy atom. The maximum Gasteiger partial charge on any atom is 0.306 e. The van der Waals surface area contributed by atoms with Gasteiger partial charge in [0.2, 0.25) is 0 Å². The standard InChI is InChI=1S/C61H94O6/c1-4-7-10-13-16-19-22-25-28-30-33-36-39-42-45-48-51-54-60(63)66-57-58(56-65-59(62)53-50-47-44-41-38-35-32-27-24-21-18-15-12-9-6-3)67-61(64)55-52-49-46-43-40-37-34-31-29-26-23-20-17-14-11-8-5-2/h8,11,16-21,25-29,32-34,36-38,41-43,45-46,58H,4-7,9-10,12-15,22-24,30-31,35,39-40,44,47-57H2,1-3H3/b11-8-,19-16-,20-17-,21-18-,28-25-,29-26-,32-27-,36-33-,37-34-,41-38-,45-42-,46-43-/t58-/m0/s1. The highest BCUT2D eigenvalue weighted by Crippen LogP contribution is 2.09. The summed E-state index contributed by atoms with van der Waals surface area (Å²) in [6, 6.07) is 0. The number of hydrogen-bond acceptors (Lipinski definition) is 6. The quantitative estimate of drug-likeness (QED) is 0.0262. The van der Waals surface area contributed by atoms with Crippen LogP contribution in [0.1, 0.15) is 201 Å². The first-order chi connectivity index (χ1) is 33.0. The highest BCUT2D eigenvalue weighted by molar-refractivity contribution is 5.71. The molecule has 0 rings (SSSR count). The van der Waals surface area contributed by atoms with Gasteiger partial charge in [-0.15, -0.1) is 0 Å². The second kappa shape index (κ2) is 53.9. The van der Waals surface area contributed by atoms with Gasteiger partial charge in [-0.1, -0.05) is 192 Å². The van der Waals surface area contributed by atoms with Crippen molar-refractivity contribution in [1.29, 1.82) is 0 Å². The van der Waals surface area contributed by atoms with Crippen molar-refractivity contribution in [3.8, 4) is 0 Å². The topological polar surface area (TPSA) is 78.9 Å².